The number of alkyl carbamates (subject to hydrolysis) is 1. The van der Waals surface area contributed by atoms with Gasteiger partial charge in [-0.2, -0.15) is 0 Å². The number of ether oxygens (including phenoxy) is 4. The van der Waals surface area contributed by atoms with Crippen LogP contribution in [0.1, 0.15) is 39.5 Å². The minimum Gasteiger partial charge on any atom is -0.450 e. The fourth-order valence-electron chi connectivity index (χ4n) is 1.81. The molecule has 25 heavy (non-hydrogen) atoms. The van der Waals surface area contributed by atoms with Gasteiger partial charge in [-0.1, -0.05) is 6.92 Å². The monoisotopic (exact) mass is 362 g/mol. The van der Waals surface area contributed by atoms with Gasteiger partial charge in [-0.15, -0.1) is 0 Å². The Labute approximate surface area is 150 Å². The average molecular weight is 362 g/mol. The first-order chi connectivity index (χ1) is 12.2. The summed E-state index contributed by atoms with van der Waals surface area (Å²) in [6.07, 6.45) is 2.59. The number of hydrogen-bond donors (Lipinski definition) is 2. The standard InChI is InChI=1S/C17H34N2O6/c1-3-7-16(20)18-8-5-10-22-12-14-24-15-13-23-11-6-9-19-17(21)25-4-2/h3-15H2,1-2H3,(H,18,20)(H,19,21). The predicted octanol–water partition coefficient (Wildman–Crippen LogP) is 1.48. The van der Waals surface area contributed by atoms with Gasteiger partial charge < -0.3 is 29.6 Å². The van der Waals surface area contributed by atoms with Crippen LogP contribution in [0.25, 0.3) is 0 Å². The zero-order valence-electron chi connectivity index (χ0n) is 15.6. The second-order valence-electron chi connectivity index (χ2n) is 5.29. The van der Waals surface area contributed by atoms with Gasteiger partial charge in [-0.25, -0.2) is 4.79 Å². The van der Waals surface area contributed by atoms with E-state index in [1.165, 1.54) is 0 Å². The van der Waals surface area contributed by atoms with Gasteiger partial charge in [0.05, 0.1) is 33.0 Å². The third-order valence-electron chi connectivity index (χ3n) is 3.02. The maximum absolute atomic E-state index is 11.2. The topological polar surface area (TPSA) is 95.1 Å². The summed E-state index contributed by atoms with van der Waals surface area (Å²) in [7, 11) is 0. The maximum Gasteiger partial charge on any atom is 0.407 e. The lowest BCUT2D eigenvalue weighted by Crippen LogP contribution is -2.26. The Morgan fingerprint density at radius 2 is 1.28 bits per heavy atom. The molecule has 0 aliphatic heterocycles. The van der Waals surface area contributed by atoms with Gasteiger partial charge in [0.15, 0.2) is 0 Å². The molecule has 2 amide bonds. The normalized spacial score (nSPS) is 10.5. The van der Waals surface area contributed by atoms with Crippen molar-refractivity contribution < 1.29 is 28.5 Å². The van der Waals surface area contributed by atoms with Gasteiger partial charge >= 0.3 is 6.09 Å². The molecule has 8 nitrogen and oxygen atoms in total. The number of carbonyl (C=O) groups excluding carboxylic acids is 2. The quantitative estimate of drug-likeness (QED) is 0.381. The molecule has 148 valence electrons. The van der Waals surface area contributed by atoms with Crippen molar-refractivity contribution in [3.63, 3.8) is 0 Å². The zero-order chi connectivity index (χ0) is 18.6. The molecule has 0 radical (unpaired) electrons. The molecule has 0 aromatic heterocycles. The van der Waals surface area contributed by atoms with Crippen molar-refractivity contribution >= 4 is 12.0 Å². The molecular formula is C17H34N2O6. The van der Waals surface area contributed by atoms with Crippen molar-refractivity contribution in [3.8, 4) is 0 Å². The van der Waals surface area contributed by atoms with E-state index in [0.717, 1.165) is 19.3 Å². The Morgan fingerprint density at radius 1 is 0.760 bits per heavy atom. The van der Waals surface area contributed by atoms with Crippen LogP contribution in [-0.4, -0.2) is 71.3 Å². The largest absolute Gasteiger partial charge is 0.450 e. The van der Waals surface area contributed by atoms with E-state index in [4.69, 9.17) is 18.9 Å². The predicted molar refractivity (Wildman–Crippen MR) is 94.6 cm³/mol. The van der Waals surface area contributed by atoms with E-state index in [1.807, 2.05) is 6.92 Å². The van der Waals surface area contributed by atoms with Crippen LogP contribution in [0.5, 0.6) is 0 Å². The Kier molecular flexibility index (Phi) is 17.9. The summed E-state index contributed by atoms with van der Waals surface area (Å²) >= 11 is 0. The van der Waals surface area contributed by atoms with Gasteiger partial charge in [0.25, 0.3) is 0 Å². The lowest BCUT2D eigenvalue weighted by Gasteiger charge is -2.08. The smallest absolute Gasteiger partial charge is 0.407 e. The van der Waals surface area contributed by atoms with E-state index in [-0.39, 0.29) is 5.91 Å². The Hall–Kier alpha value is -1.38. The highest BCUT2D eigenvalue weighted by Crippen LogP contribution is 1.88. The lowest BCUT2D eigenvalue weighted by atomic mass is 10.3. The second-order valence-corrected chi connectivity index (χ2v) is 5.29. The zero-order valence-corrected chi connectivity index (χ0v) is 15.6. The van der Waals surface area contributed by atoms with Crippen LogP contribution in [-0.2, 0) is 23.7 Å². The van der Waals surface area contributed by atoms with Crippen molar-refractivity contribution in [3.05, 3.63) is 0 Å². The molecule has 0 aliphatic carbocycles. The fraction of sp³-hybridized carbons (Fsp3) is 0.882. The third kappa shape index (κ3) is 18.8. The van der Waals surface area contributed by atoms with Gasteiger partial charge in [0.1, 0.15) is 0 Å². The Balaban J connectivity index is 3.09. The minimum absolute atomic E-state index is 0.0995. The summed E-state index contributed by atoms with van der Waals surface area (Å²) in [5, 5.41) is 5.46. The van der Waals surface area contributed by atoms with Crippen LogP contribution < -0.4 is 10.6 Å². The van der Waals surface area contributed by atoms with E-state index in [2.05, 4.69) is 10.6 Å². The third-order valence-corrected chi connectivity index (χ3v) is 3.02. The van der Waals surface area contributed by atoms with E-state index in [1.54, 1.807) is 6.92 Å². The van der Waals surface area contributed by atoms with Crippen molar-refractivity contribution in [2.75, 3.05) is 59.3 Å². The lowest BCUT2D eigenvalue weighted by molar-refractivity contribution is -0.121. The molecular weight excluding hydrogens is 328 g/mol. The molecule has 0 spiro atoms. The number of nitrogens with one attached hydrogen (secondary N) is 2. The first-order valence-electron chi connectivity index (χ1n) is 9.11. The van der Waals surface area contributed by atoms with E-state index < -0.39 is 6.09 Å². The second kappa shape index (κ2) is 19.0. The SMILES string of the molecule is CCCC(=O)NCCCOCCOCCOCCCNC(=O)OCC. The number of carbonyl (C=O) groups is 2. The van der Waals surface area contributed by atoms with Crippen LogP contribution in [0.4, 0.5) is 4.79 Å². The van der Waals surface area contributed by atoms with Crippen LogP contribution in [0.15, 0.2) is 0 Å². The van der Waals surface area contributed by atoms with Crippen LogP contribution >= 0.6 is 0 Å². The van der Waals surface area contributed by atoms with Crippen LogP contribution in [0.2, 0.25) is 0 Å². The van der Waals surface area contributed by atoms with E-state index in [9.17, 15) is 9.59 Å². The van der Waals surface area contributed by atoms with Gasteiger partial charge in [-0.3, -0.25) is 4.79 Å². The molecule has 0 bridgehead atoms. The summed E-state index contributed by atoms with van der Waals surface area (Å²) < 4.78 is 20.9. The molecule has 0 fully saturated rings. The molecule has 0 rings (SSSR count). The van der Waals surface area contributed by atoms with Crippen molar-refractivity contribution in [2.45, 2.75) is 39.5 Å². The summed E-state index contributed by atoms with van der Waals surface area (Å²) in [5.74, 6) is 0.0995. The molecule has 0 heterocycles. The fourth-order valence-corrected chi connectivity index (χ4v) is 1.81. The van der Waals surface area contributed by atoms with Crippen LogP contribution in [0.3, 0.4) is 0 Å². The minimum atomic E-state index is -0.394. The van der Waals surface area contributed by atoms with E-state index in [0.29, 0.717) is 65.8 Å². The summed E-state index contributed by atoms with van der Waals surface area (Å²) in [6.45, 7) is 8.57. The molecule has 0 unspecified atom stereocenters. The Morgan fingerprint density at radius 3 is 1.80 bits per heavy atom. The maximum atomic E-state index is 11.2. The molecule has 2 N–H and O–H groups in total. The summed E-state index contributed by atoms with van der Waals surface area (Å²) in [4.78, 5) is 22.2. The highest BCUT2D eigenvalue weighted by Gasteiger charge is 1.99. The first kappa shape index (κ1) is 23.6. The average Bonchev–Trinajstić information content (AvgIpc) is 2.58. The molecule has 0 aliphatic rings. The number of amides is 2. The van der Waals surface area contributed by atoms with Gasteiger partial charge in [0.2, 0.25) is 5.91 Å². The van der Waals surface area contributed by atoms with Crippen LogP contribution in [0, 0.1) is 0 Å². The molecule has 0 saturated carbocycles. The highest BCUT2D eigenvalue weighted by atomic mass is 16.5. The molecule has 0 saturated heterocycles. The van der Waals surface area contributed by atoms with Crippen molar-refractivity contribution in [2.24, 2.45) is 0 Å². The number of hydrogen-bond acceptors (Lipinski definition) is 6. The molecule has 8 heteroatoms. The van der Waals surface area contributed by atoms with Crippen molar-refractivity contribution in [1.82, 2.24) is 10.6 Å². The van der Waals surface area contributed by atoms with Gasteiger partial charge in [-0.05, 0) is 26.2 Å². The van der Waals surface area contributed by atoms with Crippen molar-refractivity contribution in [1.29, 1.82) is 0 Å². The molecule has 0 aromatic carbocycles. The molecule has 0 atom stereocenters. The number of rotatable bonds is 17. The summed E-state index contributed by atoms with van der Waals surface area (Å²) in [5.41, 5.74) is 0. The summed E-state index contributed by atoms with van der Waals surface area (Å²) in [6, 6.07) is 0. The Bertz CT molecular complexity index is 298. The molecule has 0 aromatic rings. The first-order valence-corrected chi connectivity index (χ1v) is 9.11. The van der Waals surface area contributed by atoms with Gasteiger partial charge in [0, 0.05) is 32.7 Å². The van der Waals surface area contributed by atoms with E-state index >= 15 is 0 Å². The highest BCUT2D eigenvalue weighted by molar-refractivity contribution is 5.75.